The monoisotopic (exact) mass is 338 g/mol. The van der Waals surface area contributed by atoms with Crippen LogP contribution in [0.1, 0.15) is 32.3 Å². The van der Waals surface area contributed by atoms with Crippen molar-refractivity contribution in [2.24, 2.45) is 5.92 Å². The Labute approximate surface area is 144 Å². The van der Waals surface area contributed by atoms with Crippen LogP contribution >= 0.6 is 11.6 Å². The number of hydrogen-bond donors (Lipinski definition) is 1. The highest BCUT2D eigenvalue weighted by molar-refractivity contribution is 6.31. The molecule has 4 nitrogen and oxygen atoms in total. The van der Waals surface area contributed by atoms with Crippen molar-refractivity contribution >= 4 is 17.5 Å². The van der Waals surface area contributed by atoms with Crippen LogP contribution in [0.3, 0.4) is 0 Å². The number of nitrogens with one attached hydrogen (secondary N) is 1. The number of nitrogens with zero attached hydrogens (tertiary/aromatic N) is 1. The summed E-state index contributed by atoms with van der Waals surface area (Å²) >= 11 is 6.02. The molecule has 0 bridgehead atoms. The molecule has 1 aromatic rings. The van der Waals surface area contributed by atoms with E-state index in [1.807, 2.05) is 30.9 Å². The third kappa shape index (κ3) is 5.11. The zero-order valence-corrected chi connectivity index (χ0v) is 15.0. The second-order valence-corrected chi connectivity index (χ2v) is 6.65. The van der Waals surface area contributed by atoms with Gasteiger partial charge in [0.15, 0.2) is 6.10 Å². The van der Waals surface area contributed by atoms with Crippen molar-refractivity contribution in [2.75, 3.05) is 26.2 Å². The summed E-state index contributed by atoms with van der Waals surface area (Å²) < 4.78 is 5.79. The molecule has 5 heteroatoms. The zero-order chi connectivity index (χ0) is 16.8. The Balaban J connectivity index is 1.84. The van der Waals surface area contributed by atoms with Gasteiger partial charge in [-0.2, -0.15) is 0 Å². The van der Waals surface area contributed by atoms with E-state index in [9.17, 15) is 4.79 Å². The predicted octanol–water partition coefficient (Wildman–Crippen LogP) is 3.26. The van der Waals surface area contributed by atoms with Gasteiger partial charge in [-0.3, -0.25) is 4.79 Å². The number of ether oxygens (including phenoxy) is 1. The van der Waals surface area contributed by atoms with Gasteiger partial charge >= 0.3 is 0 Å². The summed E-state index contributed by atoms with van der Waals surface area (Å²) in [6.07, 6.45) is 1.65. The Morgan fingerprint density at radius 3 is 2.74 bits per heavy atom. The van der Waals surface area contributed by atoms with E-state index in [1.54, 1.807) is 6.07 Å². The van der Waals surface area contributed by atoms with Crippen LogP contribution < -0.4 is 10.1 Å². The number of hydrogen-bond acceptors (Lipinski definition) is 3. The zero-order valence-electron chi connectivity index (χ0n) is 14.3. The number of benzene rings is 1. The van der Waals surface area contributed by atoms with E-state index in [0.717, 1.165) is 44.6 Å². The fourth-order valence-electron chi connectivity index (χ4n) is 2.91. The van der Waals surface area contributed by atoms with Gasteiger partial charge in [0.2, 0.25) is 0 Å². The molecule has 0 spiro atoms. The molecule has 0 aliphatic carbocycles. The van der Waals surface area contributed by atoms with E-state index in [2.05, 4.69) is 12.2 Å². The van der Waals surface area contributed by atoms with E-state index >= 15 is 0 Å². The van der Waals surface area contributed by atoms with Crippen LogP contribution in [0.2, 0.25) is 5.02 Å². The number of likely N-dealkylation sites (tertiary alicyclic amines) is 1. The molecule has 1 aromatic carbocycles. The van der Waals surface area contributed by atoms with E-state index in [4.69, 9.17) is 16.3 Å². The molecule has 2 rings (SSSR count). The van der Waals surface area contributed by atoms with Gasteiger partial charge in [0.25, 0.3) is 5.91 Å². The number of rotatable bonds is 6. The van der Waals surface area contributed by atoms with Gasteiger partial charge in [-0.15, -0.1) is 0 Å². The lowest BCUT2D eigenvalue weighted by molar-refractivity contribution is -0.139. The van der Waals surface area contributed by atoms with E-state index in [1.165, 1.54) is 0 Å². The molecule has 0 aromatic heterocycles. The first-order chi connectivity index (χ1) is 11.0. The SMILES string of the molecule is CCNCC1CCN(C(=O)C(C)Oc2ccc(Cl)c(C)c2)CC1. The molecule has 23 heavy (non-hydrogen) atoms. The Morgan fingerprint density at radius 1 is 1.43 bits per heavy atom. The van der Waals surface area contributed by atoms with Gasteiger partial charge in [0.1, 0.15) is 5.75 Å². The molecule has 1 unspecified atom stereocenters. The maximum atomic E-state index is 12.5. The van der Waals surface area contributed by atoms with Crippen molar-refractivity contribution in [1.29, 1.82) is 0 Å². The fraction of sp³-hybridized carbons (Fsp3) is 0.611. The number of piperidine rings is 1. The molecular weight excluding hydrogens is 312 g/mol. The van der Waals surface area contributed by atoms with Crippen molar-refractivity contribution in [3.05, 3.63) is 28.8 Å². The Hall–Kier alpha value is -1.26. The highest BCUT2D eigenvalue weighted by Crippen LogP contribution is 2.23. The van der Waals surface area contributed by atoms with Crippen LogP contribution in [-0.2, 0) is 4.79 Å². The first-order valence-electron chi connectivity index (χ1n) is 8.43. The smallest absolute Gasteiger partial charge is 0.263 e. The van der Waals surface area contributed by atoms with Gasteiger partial charge in [-0.25, -0.2) is 0 Å². The van der Waals surface area contributed by atoms with E-state index in [0.29, 0.717) is 16.7 Å². The molecule has 1 amide bonds. The molecule has 0 saturated carbocycles. The lowest BCUT2D eigenvalue weighted by atomic mass is 9.96. The largest absolute Gasteiger partial charge is 0.481 e. The summed E-state index contributed by atoms with van der Waals surface area (Å²) in [4.78, 5) is 14.5. The summed E-state index contributed by atoms with van der Waals surface area (Å²) in [5, 5.41) is 4.10. The first kappa shape index (κ1) is 18.1. The van der Waals surface area contributed by atoms with Crippen molar-refractivity contribution in [3.8, 4) is 5.75 Å². The lowest BCUT2D eigenvalue weighted by Crippen LogP contribution is -2.45. The van der Waals surface area contributed by atoms with Crippen LogP contribution in [0.4, 0.5) is 0 Å². The van der Waals surface area contributed by atoms with Crippen LogP contribution in [0.5, 0.6) is 5.75 Å². The fourth-order valence-corrected chi connectivity index (χ4v) is 3.03. The maximum Gasteiger partial charge on any atom is 0.263 e. The van der Waals surface area contributed by atoms with Crippen molar-refractivity contribution in [1.82, 2.24) is 10.2 Å². The minimum absolute atomic E-state index is 0.0690. The standard InChI is InChI=1S/C18H27ClN2O2/c1-4-20-12-15-7-9-21(10-8-15)18(22)14(3)23-16-5-6-17(19)13(2)11-16/h5-6,11,14-15,20H,4,7-10,12H2,1-3H3. The van der Waals surface area contributed by atoms with Gasteiger partial charge in [-0.1, -0.05) is 18.5 Å². The highest BCUT2D eigenvalue weighted by atomic mass is 35.5. The third-order valence-corrected chi connectivity index (χ3v) is 4.82. The highest BCUT2D eigenvalue weighted by Gasteiger charge is 2.26. The molecule has 1 aliphatic rings. The van der Waals surface area contributed by atoms with Crippen molar-refractivity contribution in [2.45, 2.75) is 39.7 Å². The van der Waals surface area contributed by atoms with Crippen LogP contribution in [0.25, 0.3) is 0 Å². The van der Waals surface area contributed by atoms with E-state index in [-0.39, 0.29) is 5.91 Å². The number of amides is 1. The molecule has 1 N–H and O–H groups in total. The molecule has 128 valence electrons. The minimum atomic E-state index is -0.471. The number of carbonyl (C=O) groups is 1. The van der Waals surface area contributed by atoms with Crippen LogP contribution in [0, 0.1) is 12.8 Å². The third-order valence-electron chi connectivity index (χ3n) is 4.40. The summed E-state index contributed by atoms with van der Waals surface area (Å²) in [5.74, 6) is 1.43. The van der Waals surface area contributed by atoms with Gasteiger partial charge in [0.05, 0.1) is 0 Å². The molecule has 1 atom stereocenters. The Bertz CT molecular complexity index is 528. The van der Waals surface area contributed by atoms with Gasteiger partial charge in [-0.05, 0) is 69.5 Å². The van der Waals surface area contributed by atoms with Crippen LogP contribution in [-0.4, -0.2) is 43.1 Å². The summed E-state index contributed by atoms with van der Waals surface area (Å²) in [5.41, 5.74) is 0.952. The average molecular weight is 339 g/mol. The molecule has 1 heterocycles. The normalized spacial score (nSPS) is 17.1. The summed E-state index contributed by atoms with van der Waals surface area (Å²) in [6.45, 7) is 9.56. The predicted molar refractivity (Wildman–Crippen MR) is 94.1 cm³/mol. The molecule has 1 saturated heterocycles. The quantitative estimate of drug-likeness (QED) is 0.865. The van der Waals surface area contributed by atoms with Crippen molar-refractivity contribution in [3.63, 3.8) is 0 Å². The first-order valence-corrected chi connectivity index (χ1v) is 8.81. The number of aryl methyl sites for hydroxylation is 1. The second kappa shape index (κ2) is 8.55. The minimum Gasteiger partial charge on any atom is -0.481 e. The van der Waals surface area contributed by atoms with Crippen LogP contribution in [0.15, 0.2) is 18.2 Å². The number of carbonyl (C=O) groups excluding carboxylic acids is 1. The Morgan fingerprint density at radius 2 is 2.13 bits per heavy atom. The molecule has 1 aliphatic heterocycles. The topological polar surface area (TPSA) is 41.6 Å². The molecular formula is C18H27ClN2O2. The second-order valence-electron chi connectivity index (χ2n) is 6.25. The average Bonchev–Trinajstić information content (AvgIpc) is 2.56. The molecule has 0 radical (unpaired) electrons. The summed E-state index contributed by atoms with van der Waals surface area (Å²) in [6, 6.07) is 5.48. The van der Waals surface area contributed by atoms with Gasteiger partial charge < -0.3 is 15.0 Å². The number of halogens is 1. The lowest BCUT2D eigenvalue weighted by Gasteiger charge is -2.33. The molecule has 1 fully saturated rings. The van der Waals surface area contributed by atoms with Gasteiger partial charge in [0, 0.05) is 18.1 Å². The maximum absolute atomic E-state index is 12.5. The Kier molecular flexibility index (Phi) is 6.72. The van der Waals surface area contributed by atoms with Crippen molar-refractivity contribution < 1.29 is 9.53 Å². The van der Waals surface area contributed by atoms with E-state index < -0.39 is 6.10 Å². The summed E-state index contributed by atoms with van der Waals surface area (Å²) in [7, 11) is 0.